The van der Waals surface area contributed by atoms with Crippen LogP contribution < -0.4 is 4.90 Å². The number of non-ortho nitro benzene ring substituents is 1. The lowest BCUT2D eigenvalue weighted by Crippen LogP contribution is -2.29. The number of anilines is 1. The van der Waals surface area contributed by atoms with Crippen LogP contribution in [0.4, 0.5) is 15.8 Å². The molecular formula is C21H18FN3O3. The molecule has 4 rings (SSSR count). The largest absolute Gasteiger partial charge is 0.318 e. The predicted molar refractivity (Wildman–Crippen MR) is 104 cm³/mol. The van der Waals surface area contributed by atoms with E-state index >= 15 is 0 Å². The average molecular weight is 379 g/mol. The first kappa shape index (κ1) is 17.9. The van der Waals surface area contributed by atoms with Crippen LogP contribution in [-0.4, -0.2) is 21.9 Å². The normalized spacial score (nSPS) is 12.9. The van der Waals surface area contributed by atoms with Crippen LogP contribution in [0.1, 0.15) is 27.3 Å². The van der Waals surface area contributed by atoms with Gasteiger partial charge in [0.2, 0.25) is 0 Å². The first-order valence-corrected chi connectivity index (χ1v) is 8.91. The number of hydrogen-bond acceptors (Lipinski definition) is 3. The SMILES string of the molecule is Cc1cc(C(=O)N2CCc3ccc([N+](=O)[O-])cc32)c(C)n1-c1ccc(F)cc1. The maximum Gasteiger partial charge on any atom is 0.271 e. The molecule has 3 aromatic rings. The minimum atomic E-state index is -0.457. The molecule has 1 aromatic heterocycles. The highest BCUT2D eigenvalue weighted by Gasteiger charge is 2.29. The van der Waals surface area contributed by atoms with Crippen molar-refractivity contribution in [1.29, 1.82) is 0 Å². The molecule has 0 aliphatic carbocycles. The molecule has 0 fully saturated rings. The summed E-state index contributed by atoms with van der Waals surface area (Å²) in [6.45, 7) is 4.21. The van der Waals surface area contributed by atoms with Crippen LogP contribution in [0.3, 0.4) is 0 Å². The molecule has 2 heterocycles. The fraction of sp³-hybridized carbons (Fsp3) is 0.190. The molecule has 1 amide bonds. The van der Waals surface area contributed by atoms with E-state index in [4.69, 9.17) is 0 Å². The maximum atomic E-state index is 13.3. The third-order valence-corrected chi connectivity index (χ3v) is 5.17. The molecule has 0 bridgehead atoms. The van der Waals surface area contributed by atoms with Crippen molar-refractivity contribution in [3.05, 3.63) is 87.0 Å². The van der Waals surface area contributed by atoms with Gasteiger partial charge in [-0.1, -0.05) is 6.07 Å². The van der Waals surface area contributed by atoms with Crippen LogP contribution in [0.25, 0.3) is 5.69 Å². The summed E-state index contributed by atoms with van der Waals surface area (Å²) in [5, 5.41) is 11.1. The van der Waals surface area contributed by atoms with Gasteiger partial charge in [-0.15, -0.1) is 0 Å². The van der Waals surface area contributed by atoms with Crippen molar-refractivity contribution in [2.45, 2.75) is 20.3 Å². The number of fused-ring (bicyclic) bond motifs is 1. The minimum Gasteiger partial charge on any atom is -0.318 e. The van der Waals surface area contributed by atoms with Crippen LogP contribution in [0.15, 0.2) is 48.5 Å². The molecule has 1 aliphatic rings. The van der Waals surface area contributed by atoms with Gasteiger partial charge in [0.05, 0.1) is 16.2 Å². The second-order valence-electron chi connectivity index (χ2n) is 6.87. The second-order valence-corrected chi connectivity index (χ2v) is 6.87. The lowest BCUT2D eigenvalue weighted by molar-refractivity contribution is -0.384. The summed E-state index contributed by atoms with van der Waals surface area (Å²) in [4.78, 5) is 25.5. The van der Waals surface area contributed by atoms with Crippen molar-refractivity contribution < 1.29 is 14.1 Å². The Balaban J connectivity index is 1.73. The summed E-state index contributed by atoms with van der Waals surface area (Å²) in [6.07, 6.45) is 0.662. The van der Waals surface area contributed by atoms with Crippen molar-refractivity contribution in [3.8, 4) is 5.69 Å². The van der Waals surface area contributed by atoms with E-state index < -0.39 is 4.92 Å². The van der Waals surface area contributed by atoms with Gasteiger partial charge in [0.25, 0.3) is 11.6 Å². The van der Waals surface area contributed by atoms with Crippen LogP contribution in [0.5, 0.6) is 0 Å². The molecule has 0 N–H and O–H groups in total. The first-order chi connectivity index (χ1) is 13.4. The summed E-state index contributed by atoms with van der Waals surface area (Å²) in [6, 6.07) is 12.5. The number of carbonyl (C=O) groups is 1. The van der Waals surface area contributed by atoms with Crippen LogP contribution >= 0.6 is 0 Å². The summed E-state index contributed by atoms with van der Waals surface area (Å²) < 4.78 is 15.2. The Morgan fingerprint density at radius 1 is 1.11 bits per heavy atom. The summed E-state index contributed by atoms with van der Waals surface area (Å²) in [5.41, 5.74) is 4.38. The molecule has 142 valence electrons. The van der Waals surface area contributed by atoms with Crippen molar-refractivity contribution in [2.24, 2.45) is 0 Å². The molecule has 1 aliphatic heterocycles. The molecule has 2 aromatic carbocycles. The predicted octanol–water partition coefficient (Wildman–Crippen LogP) is 4.34. The zero-order valence-corrected chi connectivity index (χ0v) is 15.5. The Morgan fingerprint density at radius 2 is 1.82 bits per heavy atom. The number of carbonyl (C=O) groups excluding carboxylic acids is 1. The fourth-order valence-corrected chi connectivity index (χ4v) is 3.80. The third kappa shape index (κ3) is 2.85. The zero-order chi connectivity index (χ0) is 20.0. The van der Waals surface area contributed by atoms with Gasteiger partial charge < -0.3 is 9.47 Å². The number of aryl methyl sites for hydroxylation is 1. The van der Waals surface area contributed by atoms with Crippen molar-refractivity contribution in [3.63, 3.8) is 0 Å². The standard InChI is InChI=1S/C21H18FN3O3/c1-13-11-19(14(2)24(13)17-7-4-16(22)5-8-17)21(26)23-10-9-15-3-6-18(25(27)28)12-20(15)23/h3-8,11-12H,9-10H2,1-2H3. The molecular weight excluding hydrogens is 361 g/mol. The zero-order valence-electron chi connectivity index (χ0n) is 15.5. The lowest BCUT2D eigenvalue weighted by Gasteiger charge is -2.17. The van der Waals surface area contributed by atoms with Gasteiger partial charge in [0.15, 0.2) is 0 Å². The Bertz CT molecular complexity index is 1100. The Kier molecular flexibility index (Phi) is 4.22. The molecule has 0 saturated carbocycles. The number of amides is 1. The molecule has 0 atom stereocenters. The molecule has 0 spiro atoms. The van der Waals surface area contributed by atoms with E-state index in [0.29, 0.717) is 24.2 Å². The summed E-state index contributed by atoms with van der Waals surface area (Å²) >= 11 is 0. The number of benzene rings is 2. The van der Waals surface area contributed by atoms with E-state index in [1.165, 1.54) is 24.3 Å². The van der Waals surface area contributed by atoms with Gasteiger partial charge in [0.1, 0.15) is 5.82 Å². The Morgan fingerprint density at radius 3 is 2.50 bits per heavy atom. The van der Waals surface area contributed by atoms with Gasteiger partial charge in [-0.3, -0.25) is 14.9 Å². The highest BCUT2D eigenvalue weighted by Crippen LogP contribution is 2.33. The highest BCUT2D eigenvalue weighted by molar-refractivity contribution is 6.08. The second kappa shape index (κ2) is 6.60. The van der Waals surface area contributed by atoms with Crippen molar-refractivity contribution in [2.75, 3.05) is 11.4 Å². The van der Waals surface area contributed by atoms with Gasteiger partial charge in [-0.05, 0) is 56.2 Å². The fourth-order valence-electron chi connectivity index (χ4n) is 3.80. The van der Waals surface area contributed by atoms with Gasteiger partial charge >= 0.3 is 0 Å². The highest BCUT2D eigenvalue weighted by atomic mass is 19.1. The van der Waals surface area contributed by atoms with Crippen LogP contribution in [0.2, 0.25) is 0 Å². The maximum absolute atomic E-state index is 13.3. The first-order valence-electron chi connectivity index (χ1n) is 8.91. The van der Waals surface area contributed by atoms with E-state index in [2.05, 4.69) is 0 Å². The monoisotopic (exact) mass is 379 g/mol. The number of nitro benzene ring substituents is 1. The van der Waals surface area contributed by atoms with E-state index in [0.717, 1.165) is 22.6 Å². The number of aromatic nitrogens is 1. The van der Waals surface area contributed by atoms with Gasteiger partial charge in [-0.25, -0.2) is 4.39 Å². The lowest BCUT2D eigenvalue weighted by atomic mass is 10.1. The molecule has 0 unspecified atom stereocenters. The van der Waals surface area contributed by atoms with E-state index in [1.807, 2.05) is 18.4 Å². The van der Waals surface area contributed by atoms with Crippen molar-refractivity contribution in [1.82, 2.24) is 4.57 Å². The smallest absolute Gasteiger partial charge is 0.271 e. The number of nitro groups is 1. The molecule has 7 heteroatoms. The van der Waals surface area contributed by atoms with Crippen molar-refractivity contribution >= 4 is 17.3 Å². The number of nitrogens with zero attached hydrogens (tertiary/aromatic N) is 3. The van der Waals surface area contributed by atoms with E-state index in [1.54, 1.807) is 29.2 Å². The van der Waals surface area contributed by atoms with Gasteiger partial charge in [-0.2, -0.15) is 0 Å². The Labute approximate surface area is 161 Å². The van der Waals surface area contributed by atoms with Crippen LogP contribution in [-0.2, 0) is 6.42 Å². The van der Waals surface area contributed by atoms with Gasteiger partial charge in [0, 0.05) is 35.8 Å². The van der Waals surface area contributed by atoms with E-state index in [9.17, 15) is 19.3 Å². The van der Waals surface area contributed by atoms with E-state index in [-0.39, 0.29) is 17.4 Å². The Hall–Kier alpha value is -3.48. The third-order valence-electron chi connectivity index (χ3n) is 5.17. The molecule has 6 nitrogen and oxygen atoms in total. The number of rotatable bonds is 3. The quantitative estimate of drug-likeness (QED) is 0.502. The topological polar surface area (TPSA) is 68.4 Å². The summed E-state index contributed by atoms with van der Waals surface area (Å²) in [7, 11) is 0. The molecule has 28 heavy (non-hydrogen) atoms. The molecule has 0 radical (unpaired) electrons. The summed E-state index contributed by atoms with van der Waals surface area (Å²) in [5.74, 6) is -0.515. The average Bonchev–Trinajstić information content (AvgIpc) is 3.22. The number of halogens is 1. The number of hydrogen-bond donors (Lipinski definition) is 0. The minimum absolute atomic E-state index is 0.0322. The van der Waals surface area contributed by atoms with Crippen LogP contribution in [0, 0.1) is 29.8 Å². The molecule has 0 saturated heterocycles.